The van der Waals surface area contributed by atoms with Crippen LogP contribution in [0.1, 0.15) is 11.3 Å². The maximum Gasteiger partial charge on any atom is 0.256 e. The molecule has 1 aromatic carbocycles. The molecule has 1 atom stereocenters. The van der Waals surface area contributed by atoms with E-state index in [4.69, 9.17) is 14.9 Å². The number of aryl methyl sites for hydroxylation is 1. The van der Waals surface area contributed by atoms with Gasteiger partial charge in [-0.3, -0.25) is 19.5 Å². The lowest BCUT2D eigenvalue weighted by Gasteiger charge is -2.25. The normalized spacial score (nSPS) is 19.6. The number of carbonyl (C=O) groups excluding carboxylic acids is 2. The molecule has 0 bridgehead atoms. The summed E-state index contributed by atoms with van der Waals surface area (Å²) < 4.78 is 11.7. The van der Waals surface area contributed by atoms with Crippen molar-refractivity contribution in [3.63, 3.8) is 0 Å². The lowest BCUT2D eigenvalue weighted by molar-refractivity contribution is -0.117. The van der Waals surface area contributed by atoms with Crippen molar-refractivity contribution < 1.29 is 18.7 Å². The SMILES string of the molecule is Cc1ccc2nc(NC(=O)[C@@H]3SC(=NCCN4CCOCC4)C(C(=O)NCc4ccco4)=C3N)sc2c1. The zero-order valence-electron chi connectivity index (χ0n) is 20.4. The molecule has 0 saturated carbocycles. The van der Waals surface area contributed by atoms with Crippen molar-refractivity contribution in [2.75, 3.05) is 44.7 Å². The molecule has 0 radical (unpaired) electrons. The summed E-state index contributed by atoms with van der Waals surface area (Å²) in [6.07, 6.45) is 1.54. The Bertz CT molecular complexity index is 1340. The molecule has 0 spiro atoms. The molecule has 194 valence electrons. The molecule has 12 heteroatoms. The van der Waals surface area contributed by atoms with Crippen LogP contribution in [0.5, 0.6) is 0 Å². The second-order valence-corrected chi connectivity index (χ2v) is 10.8. The number of nitrogens with two attached hydrogens (primary N) is 1. The Morgan fingerprint density at radius 3 is 2.89 bits per heavy atom. The summed E-state index contributed by atoms with van der Waals surface area (Å²) in [6.45, 7) is 6.52. The fourth-order valence-electron chi connectivity index (χ4n) is 4.07. The van der Waals surface area contributed by atoms with Gasteiger partial charge in [0.25, 0.3) is 5.91 Å². The van der Waals surface area contributed by atoms with Crippen LogP contribution in [-0.2, 0) is 20.9 Å². The zero-order chi connectivity index (χ0) is 25.8. The third-order valence-corrected chi connectivity index (χ3v) is 8.23. The molecule has 4 N–H and O–H groups in total. The first kappa shape index (κ1) is 25.5. The van der Waals surface area contributed by atoms with Crippen LogP contribution < -0.4 is 16.4 Å². The van der Waals surface area contributed by atoms with Gasteiger partial charge in [0.2, 0.25) is 5.91 Å². The number of furan rings is 1. The number of fused-ring (bicyclic) bond motifs is 1. The first-order valence-corrected chi connectivity index (χ1v) is 13.7. The fraction of sp³-hybridized carbons (Fsp3) is 0.360. The average Bonchev–Trinajstić information content (AvgIpc) is 3.62. The van der Waals surface area contributed by atoms with E-state index in [2.05, 4.69) is 25.5 Å². The summed E-state index contributed by atoms with van der Waals surface area (Å²) in [4.78, 5) is 37.8. The number of nitrogens with one attached hydrogen (secondary N) is 2. The predicted octanol–water partition coefficient (Wildman–Crippen LogP) is 2.51. The minimum Gasteiger partial charge on any atom is -0.467 e. The van der Waals surface area contributed by atoms with Gasteiger partial charge in [-0.15, -0.1) is 0 Å². The molecule has 3 aromatic rings. The summed E-state index contributed by atoms with van der Waals surface area (Å²) in [5, 5.41) is 5.86. The van der Waals surface area contributed by atoms with E-state index < -0.39 is 11.2 Å². The van der Waals surface area contributed by atoms with E-state index in [1.165, 1.54) is 23.1 Å². The summed E-state index contributed by atoms with van der Waals surface area (Å²) in [5.41, 5.74) is 8.77. The number of thiazole rings is 1. The van der Waals surface area contributed by atoms with Crippen LogP contribution in [0.3, 0.4) is 0 Å². The molecular weight excluding hydrogens is 512 g/mol. The maximum atomic E-state index is 13.2. The third-order valence-electron chi connectivity index (χ3n) is 6.03. The standard InChI is InChI=1S/C25H28N6O4S2/c1-15-4-5-17-18(13-15)36-25(29-17)30-23(33)21-20(26)19(22(32)28-14-16-3-2-10-35-16)24(37-21)27-6-7-31-8-11-34-12-9-31/h2-5,10,13,21H,6-9,11-12,14,26H2,1H3,(H,28,32)(H,29,30,33)/t21-/m1/s1. The van der Waals surface area contributed by atoms with Gasteiger partial charge in [0.05, 0.1) is 48.4 Å². The summed E-state index contributed by atoms with van der Waals surface area (Å²) >= 11 is 2.59. The lowest BCUT2D eigenvalue weighted by Crippen LogP contribution is -2.37. The van der Waals surface area contributed by atoms with Gasteiger partial charge in [-0.05, 0) is 36.8 Å². The van der Waals surface area contributed by atoms with Crippen LogP contribution in [0.4, 0.5) is 5.13 Å². The van der Waals surface area contributed by atoms with Crippen LogP contribution >= 0.6 is 23.1 Å². The number of morpholine rings is 1. The number of amides is 2. The van der Waals surface area contributed by atoms with Gasteiger partial charge in [-0.2, -0.15) is 0 Å². The molecule has 2 aliphatic rings. The van der Waals surface area contributed by atoms with E-state index in [0.717, 1.165) is 35.4 Å². The van der Waals surface area contributed by atoms with Crippen LogP contribution in [0.2, 0.25) is 0 Å². The van der Waals surface area contributed by atoms with Gasteiger partial charge < -0.3 is 25.5 Å². The molecule has 5 rings (SSSR count). The molecule has 1 saturated heterocycles. The molecule has 2 aromatic heterocycles. The highest BCUT2D eigenvalue weighted by Crippen LogP contribution is 2.35. The number of hydrogen-bond acceptors (Lipinski definition) is 10. The molecule has 4 heterocycles. The Kier molecular flexibility index (Phi) is 7.89. The molecule has 10 nitrogen and oxygen atoms in total. The van der Waals surface area contributed by atoms with E-state index >= 15 is 0 Å². The van der Waals surface area contributed by atoms with Crippen molar-refractivity contribution in [1.29, 1.82) is 0 Å². The minimum absolute atomic E-state index is 0.182. The molecule has 37 heavy (non-hydrogen) atoms. The van der Waals surface area contributed by atoms with Crippen LogP contribution in [0.15, 0.2) is 57.3 Å². The Balaban J connectivity index is 1.32. The molecule has 0 aliphatic carbocycles. The zero-order valence-corrected chi connectivity index (χ0v) is 22.0. The highest BCUT2D eigenvalue weighted by atomic mass is 32.2. The van der Waals surface area contributed by atoms with Crippen molar-refractivity contribution in [2.45, 2.75) is 18.7 Å². The first-order valence-electron chi connectivity index (χ1n) is 12.0. The molecular formula is C25H28N6O4S2. The predicted molar refractivity (Wildman–Crippen MR) is 146 cm³/mol. The van der Waals surface area contributed by atoms with Crippen molar-refractivity contribution in [1.82, 2.24) is 15.2 Å². The number of nitrogens with zero attached hydrogens (tertiary/aromatic N) is 3. The van der Waals surface area contributed by atoms with Gasteiger partial charge in [0.1, 0.15) is 16.1 Å². The number of benzene rings is 1. The maximum absolute atomic E-state index is 13.2. The van der Waals surface area contributed by atoms with Gasteiger partial charge in [0.15, 0.2) is 5.13 Å². The summed E-state index contributed by atoms with van der Waals surface area (Å²) in [5.74, 6) is -0.116. The highest BCUT2D eigenvalue weighted by molar-refractivity contribution is 8.16. The van der Waals surface area contributed by atoms with Crippen LogP contribution in [0, 0.1) is 6.92 Å². The first-order chi connectivity index (χ1) is 18.0. The molecule has 2 aliphatic heterocycles. The van der Waals surface area contributed by atoms with E-state index in [0.29, 0.717) is 35.7 Å². The van der Waals surface area contributed by atoms with Crippen LogP contribution in [0.25, 0.3) is 10.2 Å². The number of aromatic nitrogens is 1. The second kappa shape index (κ2) is 11.5. The molecule has 1 fully saturated rings. The second-order valence-electron chi connectivity index (χ2n) is 8.71. The third kappa shape index (κ3) is 6.04. The Morgan fingerprint density at radius 1 is 1.27 bits per heavy atom. The van der Waals surface area contributed by atoms with E-state index in [1.807, 2.05) is 25.1 Å². The smallest absolute Gasteiger partial charge is 0.256 e. The fourth-order valence-corrected chi connectivity index (χ4v) is 6.17. The molecule has 2 amide bonds. The Labute approximate surface area is 222 Å². The van der Waals surface area contributed by atoms with E-state index in [9.17, 15) is 9.59 Å². The van der Waals surface area contributed by atoms with Crippen molar-refractivity contribution in [2.24, 2.45) is 10.7 Å². The van der Waals surface area contributed by atoms with Gasteiger partial charge in [-0.1, -0.05) is 29.2 Å². The van der Waals surface area contributed by atoms with Crippen molar-refractivity contribution in [3.8, 4) is 0 Å². The lowest BCUT2D eigenvalue weighted by atomic mass is 10.1. The topological polar surface area (TPSA) is 135 Å². The van der Waals surface area contributed by atoms with Gasteiger partial charge in [0, 0.05) is 25.3 Å². The number of ether oxygens (including phenoxy) is 1. The van der Waals surface area contributed by atoms with E-state index in [-0.39, 0.29) is 23.7 Å². The van der Waals surface area contributed by atoms with Crippen molar-refractivity contribution >= 4 is 55.3 Å². The highest BCUT2D eigenvalue weighted by Gasteiger charge is 2.38. The largest absolute Gasteiger partial charge is 0.467 e. The van der Waals surface area contributed by atoms with E-state index in [1.54, 1.807) is 18.4 Å². The Hall–Kier alpha value is -3.19. The Morgan fingerprint density at radius 2 is 2.11 bits per heavy atom. The monoisotopic (exact) mass is 540 g/mol. The van der Waals surface area contributed by atoms with Crippen molar-refractivity contribution in [3.05, 3.63) is 59.2 Å². The van der Waals surface area contributed by atoms with Crippen LogP contribution in [-0.4, -0.2) is 71.4 Å². The quantitative estimate of drug-likeness (QED) is 0.397. The average molecular weight is 541 g/mol. The molecule has 0 unspecified atom stereocenters. The minimum atomic E-state index is -0.791. The number of rotatable bonds is 8. The number of carbonyl (C=O) groups is 2. The number of hydrogen-bond donors (Lipinski definition) is 3. The number of anilines is 1. The number of thioether (sulfide) groups is 1. The summed E-state index contributed by atoms with van der Waals surface area (Å²) in [7, 11) is 0. The van der Waals surface area contributed by atoms with Gasteiger partial charge >= 0.3 is 0 Å². The summed E-state index contributed by atoms with van der Waals surface area (Å²) in [6, 6.07) is 9.46. The van der Waals surface area contributed by atoms with Gasteiger partial charge in [-0.25, -0.2) is 4.98 Å². The number of aliphatic imine (C=N–C) groups is 1.